The molecule has 0 aliphatic heterocycles. The van der Waals surface area contributed by atoms with Gasteiger partial charge in [0.2, 0.25) is 11.8 Å². The van der Waals surface area contributed by atoms with Gasteiger partial charge in [0.25, 0.3) is 0 Å². The van der Waals surface area contributed by atoms with E-state index in [1.165, 1.54) is 6.92 Å². The SMILES string of the molecule is CC(=O)NC(CC(=O)NC1(CC(=O)O)CCC1)c1ccc(Cl)cc1. The zero-order valence-electron chi connectivity index (χ0n) is 13.5. The lowest BCUT2D eigenvalue weighted by atomic mass is 9.74. The molecule has 130 valence electrons. The molecule has 0 spiro atoms. The molecule has 1 aliphatic rings. The van der Waals surface area contributed by atoms with E-state index >= 15 is 0 Å². The number of carboxylic acids is 1. The smallest absolute Gasteiger partial charge is 0.305 e. The lowest BCUT2D eigenvalue weighted by molar-refractivity contribution is -0.140. The normalized spacial score (nSPS) is 16.6. The van der Waals surface area contributed by atoms with Crippen LogP contribution in [0.25, 0.3) is 0 Å². The van der Waals surface area contributed by atoms with Gasteiger partial charge in [0.1, 0.15) is 0 Å². The predicted molar refractivity (Wildman–Crippen MR) is 89.6 cm³/mol. The number of carbonyl (C=O) groups excluding carboxylic acids is 2. The van der Waals surface area contributed by atoms with E-state index in [0.29, 0.717) is 17.9 Å². The maximum absolute atomic E-state index is 12.4. The molecular formula is C17H21ClN2O4. The first kappa shape index (κ1) is 18.3. The summed E-state index contributed by atoms with van der Waals surface area (Å²) in [6.07, 6.45) is 2.19. The van der Waals surface area contributed by atoms with Crippen molar-refractivity contribution >= 4 is 29.4 Å². The molecule has 1 unspecified atom stereocenters. The third-order valence-electron chi connectivity index (χ3n) is 4.24. The fourth-order valence-corrected chi connectivity index (χ4v) is 3.09. The highest BCUT2D eigenvalue weighted by Gasteiger charge is 2.40. The molecule has 7 heteroatoms. The molecule has 1 atom stereocenters. The van der Waals surface area contributed by atoms with Crippen molar-refractivity contribution in [3.63, 3.8) is 0 Å². The number of nitrogens with one attached hydrogen (secondary N) is 2. The Labute approximate surface area is 145 Å². The topological polar surface area (TPSA) is 95.5 Å². The molecule has 1 aromatic carbocycles. The first-order valence-corrected chi connectivity index (χ1v) is 8.23. The molecule has 3 N–H and O–H groups in total. The van der Waals surface area contributed by atoms with Gasteiger partial charge in [0.05, 0.1) is 24.4 Å². The number of rotatable bonds is 7. The Morgan fingerprint density at radius 2 is 1.88 bits per heavy atom. The molecular weight excluding hydrogens is 332 g/mol. The standard InChI is InChI=1S/C17H21ClN2O4/c1-11(21)19-14(12-3-5-13(18)6-4-12)9-15(22)20-17(7-2-8-17)10-16(23)24/h3-6,14H,2,7-10H2,1H3,(H,19,21)(H,20,22)(H,23,24). The van der Waals surface area contributed by atoms with Crippen molar-refractivity contribution in [1.29, 1.82) is 0 Å². The first-order valence-electron chi connectivity index (χ1n) is 7.85. The van der Waals surface area contributed by atoms with Crippen LogP contribution < -0.4 is 10.6 Å². The molecule has 24 heavy (non-hydrogen) atoms. The highest BCUT2D eigenvalue weighted by molar-refractivity contribution is 6.30. The van der Waals surface area contributed by atoms with Crippen LogP contribution >= 0.6 is 11.6 Å². The van der Waals surface area contributed by atoms with Crippen LogP contribution in [0.4, 0.5) is 0 Å². The first-order chi connectivity index (χ1) is 11.3. The van der Waals surface area contributed by atoms with Crippen molar-refractivity contribution in [1.82, 2.24) is 10.6 Å². The summed E-state index contributed by atoms with van der Waals surface area (Å²) in [5.74, 6) is -1.44. The molecule has 0 saturated heterocycles. The highest BCUT2D eigenvalue weighted by atomic mass is 35.5. The van der Waals surface area contributed by atoms with Gasteiger partial charge in [0.15, 0.2) is 0 Å². The van der Waals surface area contributed by atoms with E-state index < -0.39 is 17.6 Å². The Balaban J connectivity index is 2.05. The minimum Gasteiger partial charge on any atom is -0.481 e. The van der Waals surface area contributed by atoms with Crippen LogP contribution in [0.1, 0.15) is 50.6 Å². The molecule has 1 aliphatic carbocycles. The van der Waals surface area contributed by atoms with Crippen LogP contribution in [-0.2, 0) is 14.4 Å². The van der Waals surface area contributed by atoms with E-state index in [9.17, 15) is 14.4 Å². The monoisotopic (exact) mass is 352 g/mol. The van der Waals surface area contributed by atoms with Crippen LogP contribution in [0.15, 0.2) is 24.3 Å². The van der Waals surface area contributed by atoms with E-state index in [0.717, 1.165) is 12.0 Å². The molecule has 2 rings (SSSR count). The number of hydrogen-bond donors (Lipinski definition) is 3. The van der Waals surface area contributed by atoms with Crippen molar-refractivity contribution in [2.75, 3.05) is 0 Å². The van der Waals surface area contributed by atoms with Crippen LogP contribution in [0.5, 0.6) is 0 Å². The van der Waals surface area contributed by atoms with Crippen molar-refractivity contribution in [2.24, 2.45) is 0 Å². The van der Waals surface area contributed by atoms with Crippen LogP contribution in [0, 0.1) is 0 Å². The molecule has 0 aromatic heterocycles. The fourth-order valence-electron chi connectivity index (χ4n) is 2.96. The fraction of sp³-hybridized carbons (Fsp3) is 0.471. The number of aliphatic carboxylic acids is 1. The van der Waals surface area contributed by atoms with Gasteiger partial charge in [-0.05, 0) is 37.0 Å². The minimum absolute atomic E-state index is 0.0442. The summed E-state index contributed by atoms with van der Waals surface area (Å²) in [5.41, 5.74) is 0.120. The minimum atomic E-state index is -0.925. The molecule has 0 heterocycles. The van der Waals surface area contributed by atoms with Gasteiger partial charge in [-0.1, -0.05) is 23.7 Å². The van der Waals surface area contributed by atoms with Gasteiger partial charge in [-0.25, -0.2) is 0 Å². The molecule has 6 nitrogen and oxygen atoms in total. The third kappa shape index (κ3) is 4.96. The van der Waals surface area contributed by atoms with E-state index in [1.807, 2.05) is 0 Å². The number of amides is 2. The number of benzene rings is 1. The van der Waals surface area contributed by atoms with E-state index in [2.05, 4.69) is 10.6 Å². The maximum Gasteiger partial charge on any atom is 0.305 e. The second-order valence-electron chi connectivity index (χ2n) is 6.26. The van der Waals surface area contributed by atoms with Gasteiger partial charge in [-0.15, -0.1) is 0 Å². The van der Waals surface area contributed by atoms with Crippen molar-refractivity contribution < 1.29 is 19.5 Å². The Hall–Kier alpha value is -2.08. The van der Waals surface area contributed by atoms with Gasteiger partial charge in [0, 0.05) is 11.9 Å². The Morgan fingerprint density at radius 3 is 2.33 bits per heavy atom. The number of carboxylic acid groups (broad SMARTS) is 1. The van der Waals surface area contributed by atoms with E-state index in [-0.39, 0.29) is 24.7 Å². The lowest BCUT2D eigenvalue weighted by Crippen LogP contribution is -2.55. The molecule has 1 fully saturated rings. The van der Waals surface area contributed by atoms with E-state index in [1.54, 1.807) is 24.3 Å². The summed E-state index contributed by atoms with van der Waals surface area (Å²) in [6, 6.07) is 6.42. The average molecular weight is 353 g/mol. The third-order valence-corrected chi connectivity index (χ3v) is 4.50. The summed E-state index contributed by atoms with van der Waals surface area (Å²) in [5, 5.41) is 15.2. The molecule has 1 saturated carbocycles. The average Bonchev–Trinajstić information content (AvgIpc) is 2.44. The maximum atomic E-state index is 12.4. The summed E-state index contributed by atoms with van der Waals surface area (Å²) >= 11 is 5.87. The van der Waals surface area contributed by atoms with Gasteiger partial charge >= 0.3 is 5.97 Å². The Morgan fingerprint density at radius 1 is 1.25 bits per heavy atom. The van der Waals surface area contributed by atoms with Gasteiger partial charge < -0.3 is 15.7 Å². The summed E-state index contributed by atoms with van der Waals surface area (Å²) < 4.78 is 0. The van der Waals surface area contributed by atoms with Crippen LogP contribution in [0.3, 0.4) is 0 Å². The number of hydrogen-bond acceptors (Lipinski definition) is 3. The van der Waals surface area contributed by atoms with Gasteiger partial charge in [-0.3, -0.25) is 14.4 Å². The summed E-state index contributed by atoms with van der Waals surface area (Å²) in [7, 11) is 0. The predicted octanol–water partition coefficient (Wildman–Crippen LogP) is 2.42. The molecule has 0 bridgehead atoms. The van der Waals surface area contributed by atoms with Crippen molar-refractivity contribution in [2.45, 2.75) is 50.6 Å². The largest absolute Gasteiger partial charge is 0.481 e. The molecule has 2 amide bonds. The zero-order valence-corrected chi connectivity index (χ0v) is 14.2. The van der Waals surface area contributed by atoms with Gasteiger partial charge in [-0.2, -0.15) is 0 Å². The highest BCUT2D eigenvalue weighted by Crippen LogP contribution is 2.35. The quantitative estimate of drug-likeness (QED) is 0.702. The van der Waals surface area contributed by atoms with Crippen LogP contribution in [0.2, 0.25) is 5.02 Å². The zero-order chi connectivity index (χ0) is 17.7. The Kier molecular flexibility index (Phi) is 5.83. The molecule has 0 radical (unpaired) electrons. The second-order valence-corrected chi connectivity index (χ2v) is 6.70. The second kappa shape index (κ2) is 7.66. The molecule has 1 aromatic rings. The summed E-state index contributed by atoms with van der Waals surface area (Å²) in [4.78, 5) is 34.8. The van der Waals surface area contributed by atoms with Crippen molar-refractivity contribution in [3.05, 3.63) is 34.9 Å². The summed E-state index contributed by atoms with van der Waals surface area (Å²) in [6.45, 7) is 1.39. The number of halogens is 1. The number of carbonyl (C=O) groups is 3. The Bertz CT molecular complexity index is 626. The lowest BCUT2D eigenvalue weighted by Gasteiger charge is -2.41. The van der Waals surface area contributed by atoms with Crippen LogP contribution in [-0.4, -0.2) is 28.4 Å². The van der Waals surface area contributed by atoms with E-state index in [4.69, 9.17) is 16.7 Å². The van der Waals surface area contributed by atoms with Crippen molar-refractivity contribution in [3.8, 4) is 0 Å².